The highest BCUT2D eigenvalue weighted by atomic mass is 16.3. The lowest BCUT2D eigenvalue weighted by Gasteiger charge is -2.29. The van der Waals surface area contributed by atoms with Crippen molar-refractivity contribution in [1.29, 1.82) is 0 Å². The number of hydrogen-bond donors (Lipinski definition) is 1. The van der Waals surface area contributed by atoms with Crippen molar-refractivity contribution >= 4 is 5.82 Å². The first-order chi connectivity index (χ1) is 7.83. The molecule has 0 aliphatic rings. The zero-order valence-corrected chi connectivity index (χ0v) is 11.4. The molecule has 0 radical (unpaired) electrons. The van der Waals surface area contributed by atoms with E-state index in [1.807, 2.05) is 6.07 Å². The summed E-state index contributed by atoms with van der Waals surface area (Å²) < 4.78 is 0. The van der Waals surface area contributed by atoms with E-state index in [1.54, 1.807) is 20.2 Å². The third kappa shape index (κ3) is 4.30. The van der Waals surface area contributed by atoms with Crippen LogP contribution in [0.4, 0.5) is 5.82 Å². The van der Waals surface area contributed by atoms with Crippen LogP contribution in [0.1, 0.15) is 46.2 Å². The fourth-order valence-corrected chi connectivity index (χ4v) is 1.67. The Morgan fingerprint density at radius 3 is 2.47 bits per heavy atom. The summed E-state index contributed by atoms with van der Waals surface area (Å²) in [6.45, 7) is 11.3. The van der Waals surface area contributed by atoms with Crippen molar-refractivity contribution in [3.8, 4) is 0 Å². The molecule has 0 unspecified atom stereocenters. The van der Waals surface area contributed by atoms with E-state index in [9.17, 15) is 5.11 Å². The van der Waals surface area contributed by atoms with Crippen LogP contribution in [0.2, 0.25) is 0 Å². The molecule has 96 valence electrons. The Bertz CT molecular complexity index is 358. The zero-order valence-electron chi connectivity index (χ0n) is 11.4. The van der Waals surface area contributed by atoms with Gasteiger partial charge in [0.05, 0.1) is 5.60 Å². The highest BCUT2D eigenvalue weighted by molar-refractivity contribution is 5.39. The smallest absolute Gasteiger partial charge is 0.132 e. The Kier molecular flexibility index (Phi) is 4.46. The largest absolute Gasteiger partial charge is 0.389 e. The molecule has 0 aliphatic carbocycles. The molecule has 0 amide bonds. The first-order valence-corrected chi connectivity index (χ1v) is 6.12. The Morgan fingerprint density at radius 2 is 2.00 bits per heavy atom. The second-order valence-electron chi connectivity index (χ2n) is 5.28. The number of anilines is 1. The lowest BCUT2D eigenvalue weighted by Crippen LogP contribution is -2.39. The molecular weight excluding hydrogens is 214 g/mol. The molecule has 0 fully saturated rings. The van der Waals surface area contributed by atoms with Gasteiger partial charge in [0.15, 0.2) is 0 Å². The molecule has 4 heteroatoms. The van der Waals surface area contributed by atoms with Crippen LogP contribution in [0.5, 0.6) is 0 Å². The van der Waals surface area contributed by atoms with Gasteiger partial charge in [-0.15, -0.1) is 0 Å². The summed E-state index contributed by atoms with van der Waals surface area (Å²) in [5.74, 6) is 1.27. The van der Waals surface area contributed by atoms with Gasteiger partial charge in [0.25, 0.3) is 0 Å². The van der Waals surface area contributed by atoms with Gasteiger partial charge in [-0.2, -0.15) is 0 Å². The minimum absolute atomic E-state index is 0.387. The van der Waals surface area contributed by atoms with E-state index in [1.165, 1.54) is 0 Å². The molecule has 1 aromatic heterocycles. The number of rotatable bonds is 5. The standard InChI is InChI=1S/C13H23N3O/c1-6-16(8-13(4,5)17)12-7-11(10(2)3)14-9-15-12/h7,9-10,17H,6,8H2,1-5H3. The Morgan fingerprint density at radius 1 is 1.35 bits per heavy atom. The number of likely N-dealkylation sites (N-methyl/N-ethyl adjacent to an activating group) is 1. The number of nitrogens with zero attached hydrogens (tertiary/aromatic N) is 3. The summed E-state index contributed by atoms with van der Waals surface area (Å²) in [7, 11) is 0. The fraction of sp³-hybridized carbons (Fsp3) is 0.692. The van der Waals surface area contributed by atoms with E-state index in [0.29, 0.717) is 12.5 Å². The Hall–Kier alpha value is -1.16. The van der Waals surface area contributed by atoms with E-state index in [-0.39, 0.29) is 0 Å². The predicted octanol–water partition coefficient (Wildman–Crippen LogP) is 2.20. The summed E-state index contributed by atoms with van der Waals surface area (Å²) in [5, 5.41) is 9.87. The third-order valence-electron chi connectivity index (χ3n) is 2.55. The lowest BCUT2D eigenvalue weighted by molar-refractivity contribution is 0.0874. The number of aromatic nitrogens is 2. The van der Waals surface area contributed by atoms with Gasteiger partial charge in [0.2, 0.25) is 0 Å². The van der Waals surface area contributed by atoms with Crippen molar-refractivity contribution in [3.63, 3.8) is 0 Å². The summed E-state index contributed by atoms with van der Waals surface area (Å²) in [6.07, 6.45) is 1.59. The summed E-state index contributed by atoms with van der Waals surface area (Å²) in [6, 6.07) is 2.00. The van der Waals surface area contributed by atoms with Gasteiger partial charge >= 0.3 is 0 Å². The van der Waals surface area contributed by atoms with Gasteiger partial charge < -0.3 is 10.0 Å². The van der Waals surface area contributed by atoms with Crippen LogP contribution in [0.3, 0.4) is 0 Å². The molecule has 0 bridgehead atoms. The molecule has 0 spiro atoms. The van der Waals surface area contributed by atoms with Crippen LogP contribution in [0, 0.1) is 0 Å². The highest BCUT2D eigenvalue weighted by Gasteiger charge is 2.18. The molecule has 17 heavy (non-hydrogen) atoms. The second-order valence-corrected chi connectivity index (χ2v) is 5.28. The van der Waals surface area contributed by atoms with Crippen molar-refractivity contribution in [2.45, 2.75) is 46.1 Å². The van der Waals surface area contributed by atoms with Gasteiger partial charge in [-0.05, 0) is 26.7 Å². The molecule has 1 rings (SSSR count). The quantitative estimate of drug-likeness (QED) is 0.853. The normalized spacial score (nSPS) is 11.9. The third-order valence-corrected chi connectivity index (χ3v) is 2.55. The van der Waals surface area contributed by atoms with Crippen LogP contribution in [-0.4, -0.2) is 33.8 Å². The molecule has 0 saturated carbocycles. The molecule has 1 N–H and O–H groups in total. The first kappa shape index (κ1) is 13.9. The number of hydrogen-bond acceptors (Lipinski definition) is 4. The average Bonchev–Trinajstić information content (AvgIpc) is 2.25. The van der Waals surface area contributed by atoms with E-state index in [0.717, 1.165) is 18.1 Å². The predicted molar refractivity (Wildman–Crippen MR) is 70.3 cm³/mol. The zero-order chi connectivity index (χ0) is 13.1. The molecule has 0 aliphatic heterocycles. The van der Waals surface area contributed by atoms with Gasteiger partial charge in [-0.1, -0.05) is 13.8 Å². The van der Waals surface area contributed by atoms with Crippen LogP contribution < -0.4 is 4.90 Å². The van der Waals surface area contributed by atoms with Gasteiger partial charge in [0, 0.05) is 24.8 Å². The van der Waals surface area contributed by atoms with Gasteiger partial charge in [-0.25, -0.2) is 9.97 Å². The minimum Gasteiger partial charge on any atom is -0.389 e. The van der Waals surface area contributed by atoms with Crippen molar-refractivity contribution in [3.05, 3.63) is 18.1 Å². The molecule has 1 heterocycles. The molecule has 0 atom stereocenters. The minimum atomic E-state index is -0.723. The second kappa shape index (κ2) is 5.45. The maximum absolute atomic E-state index is 9.87. The summed E-state index contributed by atoms with van der Waals surface area (Å²) >= 11 is 0. The van der Waals surface area contributed by atoms with Crippen molar-refractivity contribution in [2.75, 3.05) is 18.0 Å². The highest BCUT2D eigenvalue weighted by Crippen LogP contribution is 2.18. The van der Waals surface area contributed by atoms with Gasteiger partial charge in [0.1, 0.15) is 12.1 Å². The molecule has 4 nitrogen and oxygen atoms in total. The van der Waals surface area contributed by atoms with E-state index >= 15 is 0 Å². The van der Waals surface area contributed by atoms with Crippen LogP contribution >= 0.6 is 0 Å². The van der Waals surface area contributed by atoms with Crippen molar-refractivity contribution < 1.29 is 5.11 Å². The van der Waals surface area contributed by atoms with E-state index in [4.69, 9.17) is 0 Å². The van der Waals surface area contributed by atoms with Crippen LogP contribution in [0.15, 0.2) is 12.4 Å². The Balaban J connectivity index is 2.92. The SMILES string of the molecule is CCN(CC(C)(C)O)c1cc(C(C)C)ncn1. The summed E-state index contributed by atoms with van der Waals surface area (Å²) in [4.78, 5) is 10.6. The number of aliphatic hydroxyl groups is 1. The molecular formula is C13H23N3O. The maximum atomic E-state index is 9.87. The summed E-state index contributed by atoms with van der Waals surface area (Å²) in [5.41, 5.74) is 0.308. The maximum Gasteiger partial charge on any atom is 0.132 e. The lowest BCUT2D eigenvalue weighted by atomic mass is 10.1. The average molecular weight is 237 g/mol. The fourth-order valence-electron chi connectivity index (χ4n) is 1.67. The van der Waals surface area contributed by atoms with Crippen LogP contribution in [-0.2, 0) is 0 Å². The Labute approximate surface area is 104 Å². The molecule has 0 aromatic carbocycles. The van der Waals surface area contributed by atoms with E-state index < -0.39 is 5.60 Å². The monoisotopic (exact) mass is 237 g/mol. The van der Waals surface area contributed by atoms with Gasteiger partial charge in [-0.3, -0.25) is 0 Å². The van der Waals surface area contributed by atoms with Crippen molar-refractivity contribution in [1.82, 2.24) is 9.97 Å². The molecule has 1 aromatic rings. The van der Waals surface area contributed by atoms with Crippen molar-refractivity contribution in [2.24, 2.45) is 0 Å². The first-order valence-electron chi connectivity index (χ1n) is 6.12. The topological polar surface area (TPSA) is 49.2 Å². The molecule has 0 saturated heterocycles. The van der Waals surface area contributed by atoms with E-state index in [2.05, 4.69) is 35.6 Å². The van der Waals surface area contributed by atoms with Crippen LogP contribution in [0.25, 0.3) is 0 Å².